The van der Waals surface area contributed by atoms with Gasteiger partial charge in [-0.05, 0) is 60.7 Å². The fraction of sp³-hybridized carbons (Fsp3) is 0.923. The highest BCUT2D eigenvalue weighted by molar-refractivity contribution is 5.75. The van der Waals surface area contributed by atoms with E-state index in [1.54, 1.807) is 0 Å². The predicted molar refractivity (Wildman–Crippen MR) is 55.2 cm³/mol. The lowest BCUT2D eigenvalue weighted by Gasteiger charge is -2.55. The second kappa shape index (κ2) is 2.26. The first-order valence-corrected chi connectivity index (χ1v) is 6.39. The smallest absolute Gasteiger partial charge is 0.307 e. The summed E-state index contributed by atoms with van der Waals surface area (Å²) < 4.78 is 0. The molecule has 0 heterocycles. The molecule has 15 heavy (non-hydrogen) atoms. The van der Waals surface area contributed by atoms with E-state index in [0.717, 1.165) is 30.1 Å². The molecule has 0 aromatic carbocycles. The van der Waals surface area contributed by atoms with Gasteiger partial charge in [0.15, 0.2) is 0 Å². The Morgan fingerprint density at radius 2 is 2.07 bits per heavy atom. The van der Waals surface area contributed by atoms with Crippen LogP contribution in [0.25, 0.3) is 0 Å². The Hall–Kier alpha value is -0.530. The molecule has 4 aliphatic rings. The summed E-state index contributed by atoms with van der Waals surface area (Å²) in [4.78, 5) is 11.1. The number of aliphatic carboxylic acids is 1. The molecule has 7 atom stereocenters. The van der Waals surface area contributed by atoms with E-state index in [1.165, 1.54) is 19.3 Å². The Kier molecular flexibility index (Phi) is 1.29. The van der Waals surface area contributed by atoms with Crippen molar-refractivity contribution in [3.63, 3.8) is 0 Å². The maximum absolute atomic E-state index is 11.1. The molecule has 2 heteroatoms. The van der Waals surface area contributed by atoms with Crippen LogP contribution in [0.2, 0.25) is 0 Å². The van der Waals surface area contributed by atoms with Gasteiger partial charge in [-0.2, -0.15) is 0 Å². The molecule has 82 valence electrons. The topological polar surface area (TPSA) is 37.3 Å². The van der Waals surface area contributed by atoms with Crippen LogP contribution >= 0.6 is 0 Å². The number of hydrogen-bond acceptors (Lipinski definition) is 1. The first-order chi connectivity index (χ1) is 7.16. The van der Waals surface area contributed by atoms with E-state index in [1.807, 2.05) is 0 Å². The van der Waals surface area contributed by atoms with Crippen LogP contribution in [-0.4, -0.2) is 11.1 Å². The van der Waals surface area contributed by atoms with Crippen molar-refractivity contribution in [1.29, 1.82) is 0 Å². The van der Waals surface area contributed by atoms with Crippen molar-refractivity contribution in [2.75, 3.05) is 0 Å². The van der Waals surface area contributed by atoms with E-state index in [2.05, 4.69) is 6.92 Å². The Balaban J connectivity index is 1.67. The maximum Gasteiger partial charge on any atom is 0.307 e. The van der Waals surface area contributed by atoms with Crippen LogP contribution in [0.3, 0.4) is 0 Å². The molecule has 4 fully saturated rings. The van der Waals surface area contributed by atoms with Crippen molar-refractivity contribution in [3.8, 4) is 0 Å². The maximum atomic E-state index is 11.1. The van der Waals surface area contributed by atoms with Gasteiger partial charge < -0.3 is 5.11 Å². The average molecular weight is 206 g/mol. The van der Waals surface area contributed by atoms with Gasteiger partial charge in [0, 0.05) is 0 Å². The summed E-state index contributed by atoms with van der Waals surface area (Å²) in [5, 5.41) is 9.16. The number of rotatable bonds is 1. The van der Waals surface area contributed by atoms with Crippen LogP contribution in [0.15, 0.2) is 0 Å². The molecule has 0 amide bonds. The highest BCUT2D eigenvalue weighted by Crippen LogP contribution is 2.82. The van der Waals surface area contributed by atoms with Gasteiger partial charge in [0.25, 0.3) is 0 Å². The minimum atomic E-state index is -0.525. The van der Waals surface area contributed by atoms with Crippen molar-refractivity contribution >= 4 is 5.97 Å². The highest BCUT2D eigenvalue weighted by atomic mass is 16.4. The van der Waals surface area contributed by atoms with Gasteiger partial charge in [-0.15, -0.1) is 0 Å². The van der Waals surface area contributed by atoms with Crippen molar-refractivity contribution in [2.24, 2.45) is 40.9 Å². The molecular formula is C13H18O2. The van der Waals surface area contributed by atoms with Crippen LogP contribution in [0, 0.1) is 40.9 Å². The van der Waals surface area contributed by atoms with Gasteiger partial charge in [0.2, 0.25) is 0 Å². The van der Waals surface area contributed by atoms with Crippen LogP contribution in [0.5, 0.6) is 0 Å². The Morgan fingerprint density at radius 3 is 2.73 bits per heavy atom. The second-order valence-electron chi connectivity index (χ2n) is 6.43. The molecule has 4 aliphatic carbocycles. The zero-order valence-corrected chi connectivity index (χ0v) is 9.15. The highest BCUT2D eigenvalue weighted by Gasteiger charge is 2.79. The molecule has 4 rings (SSSR count). The first-order valence-electron chi connectivity index (χ1n) is 6.39. The SMILES string of the molecule is C[C@@H]1[C@H]2[C@@H]3CC[C@H](C3)[C@@H]2[C@@]12C[C@@H]2C(=O)O. The summed E-state index contributed by atoms with van der Waals surface area (Å²) in [6.45, 7) is 2.32. The molecule has 2 bridgehead atoms. The van der Waals surface area contributed by atoms with E-state index in [4.69, 9.17) is 5.11 Å². The van der Waals surface area contributed by atoms with Crippen LogP contribution in [0.1, 0.15) is 32.6 Å². The molecule has 0 aromatic rings. The monoisotopic (exact) mass is 206 g/mol. The summed E-state index contributed by atoms with van der Waals surface area (Å²) in [6, 6.07) is 0. The van der Waals surface area contributed by atoms with Gasteiger partial charge >= 0.3 is 5.97 Å². The standard InChI is InChI=1S/C13H18O2/c1-6-10-7-2-3-8(4-7)11(10)13(6)5-9(13)12(14)15/h6-11H,2-5H2,1H3,(H,14,15)/t6-,7-,8-,9-,10+,11+,13+/m1/s1. The van der Waals surface area contributed by atoms with Gasteiger partial charge in [0.05, 0.1) is 5.92 Å². The molecule has 0 radical (unpaired) electrons. The van der Waals surface area contributed by atoms with E-state index >= 15 is 0 Å². The fourth-order valence-corrected chi connectivity index (χ4v) is 5.88. The lowest BCUT2D eigenvalue weighted by atomic mass is 9.49. The zero-order valence-electron chi connectivity index (χ0n) is 9.15. The Morgan fingerprint density at radius 1 is 1.33 bits per heavy atom. The quantitative estimate of drug-likeness (QED) is 0.715. The Labute approximate surface area is 90.1 Å². The summed E-state index contributed by atoms with van der Waals surface area (Å²) in [5.41, 5.74) is 0.274. The van der Waals surface area contributed by atoms with Crippen molar-refractivity contribution in [1.82, 2.24) is 0 Å². The molecule has 1 spiro atoms. The van der Waals surface area contributed by atoms with E-state index in [-0.39, 0.29) is 11.3 Å². The number of fused-ring (bicyclic) bond motifs is 6. The van der Waals surface area contributed by atoms with Crippen LogP contribution in [-0.2, 0) is 4.79 Å². The van der Waals surface area contributed by atoms with Gasteiger partial charge in [-0.25, -0.2) is 0 Å². The number of carbonyl (C=O) groups is 1. The summed E-state index contributed by atoms with van der Waals surface area (Å²) in [7, 11) is 0. The van der Waals surface area contributed by atoms with E-state index < -0.39 is 5.97 Å². The minimum Gasteiger partial charge on any atom is -0.481 e. The number of carboxylic acid groups (broad SMARTS) is 1. The molecule has 2 nitrogen and oxygen atoms in total. The molecule has 0 aliphatic heterocycles. The van der Waals surface area contributed by atoms with Gasteiger partial charge in [0.1, 0.15) is 0 Å². The van der Waals surface area contributed by atoms with Gasteiger partial charge in [-0.1, -0.05) is 6.92 Å². The molecular weight excluding hydrogens is 188 g/mol. The number of hydrogen-bond donors (Lipinski definition) is 1. The molecule has 0 aromatic heterocycles. The third-order valence-electron chi connectivity index (χ3n) is 6.37. The Bertz CT molecular complexity index is 350. The lowest BCUT2D eigenvalue weighted by Crippen LogP contribution is -2.52. The minimum absolute atomic E-state index is 0.0214. The van der Waals surface area contributed by atoms with E-state index in [9.17, 15) is 4.79 Å². The average Bonchev–Trinajstić information content (AvgIpc) is 2.75. The molecule has 0 saturated heterocycles. The lowest BCUT2D eigenvalue weighted by molar-refractivity contribution is -0.146. The van der Waals surface area contributed by atoms with Crippen molar-refractivity contribution in [2.45, 2.75) is 32.6 Å². The zero-order chi connectivity index (χ0) is 10.4. The van der Waals surface area contributed by atoms with Crippen LogP contribution in [0.4, 0.5) is 0 Å². The fourth-order valence-electron chi connectivity index (χ4n) is 5.88. The van der Waals surface area contributed by atoms with Crippen molar-refractivity contribution in [3.05, 3.63) is 0 Å². The number of carboxylic acids is 1. The normalized spacial score (nSPS) is 64.1. The van der Waals surface area contributed by atoms with Crippen molar-refractivity contribution < 1.29 is 9.90 Å². The summed E-state index contributed by atoms with van der Waals surface area (Å²) in [5.74, 6) is 3.80. The third-order valence-corrected chi connectivity index (χ3v) is 6.37. The predicted octanol–water partition coefficient (Wildman–Crippen LogP) is 2.39. The summed E-state index contributed by atoms with van der Waals surface area (Å²) >= 11 is 0. The molecule has 0 unspecified atom stereocenters. The van der Waals surface area contributed by atoms with E-state index in [0.29, 0.717) is 5.92 Å². The summed E-state index contributed by atoms with van der Waals surface area (Å²) in [6.07, 6.45) is 5.25. The van der Waals surface area contributed by atoms with Crippen LogP contribution < -0.4 is 0 Å². The molecule has 1 N–H and O–H groups in total. The largest absolute Gasteiger partial charge is 0.481 e. The molecule has 4 saturated carbocycles. The second-order valence-corrected chi connectivity index (χ2v) is 6.43. The third kappa shape index (κ3) is 0.724. The van der Waals surface area contributed by atoms with Gasteiger partial charge in [-0.3, -0.25) is 4.79 Å². The first kappa shape index (κ1) is 8.60.